The summed E-state index contributed by atoms with van der Waals surface area (Å²) in [6.07, 6.45) is 2.93. The second-order valence-electron chi connectivity index (χ2n) is 4.73. The molecule has 0 fully saturated rings. The van der Waals surface area contributed by atoms with Crippen molar-refractivity contribution in [3.05, 3.63) is 42.2 Å². The molecule has 2 unspecified atom stereocenters. The second-order valence-corrected chi connectivity index (χ2v) is 4.73. The number of hydrogen-bond donors (Lipinski definition) is 1. The molecule has 2 rings (SSSR count). The Morgan fingerprint density at radius 3 is 2.61 bits per heavy atom. The molecule has 0 saturated carbocycles. The van der Waals surface area contributed by atoms with E-state index in [9.17, 15) is 0 Å². The van der Waals surface area contributed by atoms with E-state index in [-0.39, 0.29) is 0 Å². The molecule has 0 aliphatic heterocycles. The van der Waals surface area contributed by atoms with E-state index in [0.29, 0.717) is 12.0 Å². The fourth-order valence-corrected chi connectivity index (χ4v) is 2.12. The molecule has 0 amide bonds. The fraction of sp³-hybridized carbons (Fsp3) is 0.429. The summed E-state index contributed by atoms with van der Waals surface area (Å²) < 4.78 is 1.92. The Balaban J connectivity index is 2.23. The smallest absolute Gasteiger partial charge is 0.0732 e. The van der Waals surface area contributed by atoms with Crippen LogP contribution >= 0.6 is 0 Å². The Labute approximate surface area is 108 Å². The molecule has 4 nitrogen and oxygen atoms in total. The van der Waals surface area contributed by atoms with Gasteiger partial charge in [-0.1, -0.05) is 30.3 Å². The highest BCUT2D eigenvalue weighted by atomic mass is 15.4. The summed E-state index contributed by atoms with van der Waals surface area (Å²) >= 11 is 0. The van der Waals surface area contributed by atoms with Gasteiger partial charge >= 0.3 is 0 Å². The number of nitrogens with zero attached hydrogens (tertiary/aromatic N) is 3. The summed E-state index contributed by atoms with van der Waals surface area (Å²) in [5.41, 5.74) is 2.22. The van der Waals surface area contributed by atoms with E-state index < -0.39 is 0 Å². The molecule has 0 spiro atoms. The lowest BCUT2D eigenvalue weighted by atomic mass is 9.99. The van der Waals surface area contributed by atoms with Crippen LogP contribution in [0.3, 0.4) is 0 Å². The lowest BCUT2D eigenvalue weighted by molar-refractivity contribution is 0.502. The van der Waals surface area contributed by atoms with E-state index in [1.165, 1.54) is 0 Å². The Bertz CT molecular complexity index is 478. The summed E-state index contributed by atoms with van der Waals surface area (Å²) in [7, 11) is 1.99. The first kappa shape index (κ1) is 12.8. The van der Waals surface area contributed by atoms with Crippen molar-refractivity contribution in [2.24, 2.45) is 0 Å². The number of benzene rings is 1. The van der Waals surface area contributed by atoms with Gasteiger partial charge in [0.1, 0.15) is 0 Å². The third kappa shape index (κ3) is 2.76. The van der Waals surface area contributed by atoms with Gasteiger partial charge < -0.3 is 5.32 Å². The quantitative estimate of drug-likeness (QED) is 0.878. The van der Waals surface area contributed by atoms with Gasteiger partial charge in [-0.15, -0.1) is 5.10 Å². The number of aromatic nitrogens is 3. The van der Waals surface area contributed by atoms with Gasteiger partial charge in [-0.25, -0.2) is 4.68 Å². The van der Waals surface area contributed by atoms with Gasteiger partial charge in [0.05, 0.1) is 17.6 Å². The Morgan fingerprint density at radius 1 is 1.22 bits per heavy atom. The average molecular weight is 244 g/mol. The molecule has 1 heterocycles. The lowest BCUT2D eigenvalue weighted by Gasteiger charge is -2.17. The largest absolute Gasteiger partial charge is 0.317 e. The summed E-state index contributed by atoms with van der Waals surface area (Å²) in [6.45, 7) is 4.40. The molecule has 2 aromatic rings. The molecule has 18 heavy (non-hydrogen) atoms. The zero-order valence-corrected chi connectivity index (χ0v) is 11.2. The Morgan fingerprint density at radius 2 is 1.94 bits per heavy atom. The molecule has 2 atom stereocenters. The molecule has 1 aromatic heterocycles. The number of hydrogen-bond acceptors (Lipinski definition) is 3. The molecular weight excluding hydrogens is 224 g/mol. The lowest BCUT2D eigenvalue weighted by Crippen LogP contribution is -2.23. The minimum atomic E-state index is 0.419. The molecule has 1 N–H and O–H groups in total. The second kappa shape index (κ2) is 5.78. The zero-order chi connectivity index (χ0) is 13.0. The van der Waals surface area contributed by atoms with Crippen molar-refractivity contribution in [1.29, 1.82) is 0 Å². The van der Waals surface area contributed by atoms with Gasteiger partial charge in [0.2, 0.25) is 0 Å². The SMILES string of the molecule is CNC(C)CC(C)c1cnnn1-c1ccccc1. The maximum absolute atomic E-state index is 4.19. The van der Waals surface area contributed by atoms with Crippen LogP contribution in [0.2, 0.25) is 0 Å². The van der Waals surface area contributed by atoms with Crippen molar-refractivity contribution >= 4 is 0 Å². The maximum atomic E-state index is 4.19. The van der Waals surface area contributed by atoms with Gasteiger partial charge in [-0.2, -0.15) is 0 Å². The molecule has 1 aromatic carbocycles. The van der Waals surface area contributed by atoms with E-state index in [0.717, 1.165) is 17.8 Å². The van der Waals surface area contributed by atoms with Crippen molar-refractivity contribution < 1.29 is 0 Å². The van der Waals surface area contributed by atoms with E-state index >= 15 is 0 Å². The highest BCUT2D eigenvalue weighted by Crippen LogP contribution is 2.22. The van der Waals surface area contributed by atoms with Gasteiger partial charge in [0, 0.05) is 12.0 Å². The zero-order valence-electron chi connectivity index (χ0n) is 11.2. The van der Waals surface area contributed by atoms with E-state index in [4.69, 9.17) is 0 Å². The monoisotopic (exact) mass is 244 g/mol. The summed E-state index contributed by atoms with van der Waals surface area (Å²) in [5.74, 6) is 0.419. The summed E-state index contributed by atoms with van der Waals surface area (Å²) in [5, 5.41) is 11.5. The molecule has 0 radical (unpaired) electrons. The van der Waals surface area contributed by atoms with Crippen LogP contribution in [0.25, 0.3) is 5.69 Å². The standard InChI is InChI=1S/C14H20N4/c1-11(9-12(2)15-3)14-10-16-17-18(14)13-7-5-4-6-8-13/h4-8,10-12,15H,9H2,1-3H3. The first-order valence-corrected chi connectivity index (χ1v) is 6.35. The van der Waals surface area contributed by atoms with Gasteiger partial charge in [-0.05, 0) is 32.5 Å². The minimum Gasteiger partial charge on any atom is -0.317 e. The van der Waals surface area contributed by atoms with E-state index in [1.807, 2.05) is 48.3 Å². The van der Waals surface area contributed by atoms with Crippen LogP contribution in [0.1, 0.15) is 31.9 Å². The van der Waals surface area contributed by atoms with Crippen molar-refractivity contribution in [3.8, 4) is 5.69 Å². The topological polar surface area (TPSA) is 42.7 Å². The van der Waals surface area contributed by atoms with Gasteiger partial charge in [0.25, 0.3) is 0 Å². The van der Waals surface area contributed by atoms with E-state index in [2.05, 4.69) is 29.5 Å². The predicted molar refractivity (Wildman–Crippen MR) is 72.9 cm³/mol. The first-order valence-electron chi connectivity index (χ1n) is 6.35. The maximum Gasteiger partial charge on any atom is 0.0732 e. The number of rotatable bonds is 5. The summed E-state index contributed by atoms with van der Waals surface area (Å²) in [4.78, 5) is 0. The highest BCUT2D eigenvalue weighted by Gasteiger charge is 2.15. The van der Waals surface area contributed by atoms with Gasteiger partial charge in [0.15, 0.2) is 0 Å². The first-order chi connectivity index (χ1) is 8.72. The predicted octanol–water partition coefficient (Wildman–Crippen LogP) is 2.37. The summed E-state index contributed by atoms with van der Waals surface area (Å²) in [6, 6.07) is 10.6. The van der Waals surface area contributed by atoms with Crippen LogP contribution < -0.4 is 5.32 Å². The molecule has 0 aliphatic rings. The van der Waals surface area contributed by atoms with Crippen LogP contribution in [0.4, 0.5) is 0 Å². The minimum absolute atomic E-state index is 0.419. The van der Waals surface area contributed by atoms with Crippen molar-refractivity contribution in [2.45, 2.75) is 32.2 Å². The van der Waals surface area contributed by atoms with E-state index in [1.54, 1.807) is 0 Å². The third-order valence-electron chi connectivity index (χ3n) is 3.28. The fourth-order valence-electron chi connectivity index (χ4n) is 2.12. The molecule has 0 bridgehead atoms. The van der Waals surface area contributed by atoms with Crippen LogP contribution in [0.15, 0.2) is 36.5 Å². The van der Waals surface area contributed by atoms with Crippen LogP contribution in [-0.4, -0.2) is 28.1 Å². The van der Waals surface area contributed by atoms with Gasteiger partial charge in [-0.3, -0.25) is 0 Å². The van der Waals surface area contributed by atoms with Crippen molar-refractivity contribution in [2.75, 3.05) is 7.05 Å². The van der Waals surface area contributed by atoms with Crippen LogP contribution in [0, 0.1) is 0 Å². The average Bonchev–Trinajstić information content (AvgIpc) is 2.88. The van der Waals surface area contributed by atoms with Crippen molar-refractivity contribution in [3.63, 3.8) is 0 Å². The highest BCUT2D eigenvalue weighted by molar-refractivity contribution is 5.32. The third-order valence-corrected chi connectivity index (χ3v) is 3.28. The molecule has 0 aliphatic carbocycles. The molecule has 4 heteroatoms. The van der Waals surface area contributed by atoms with Crippen LogP contribution in [0.5, 0.6) is 0 Å². The number of para-hydroxylation sites is 1. The normalized spacial score (nSPS) is 14.4. The number of nitrogens with one attached hydrogen (secondary N) is 1. The van der Waals surface area contributed by atoms with Crippen LogP contribution in [-0.2, 0) is 0 Å². The Kier molecular flexibility index (Phi) is 4.10. The molecular formula is C14H20N4. The molecule has 96 valence electrons. The Hall–Kier alpha value is -1.68. The van der Waals surface area contributed by atoms with Crippen molar-refractivity contribution in [1.82, 2.24) is 20.3 Å². The molecule has 0 saturated heterocycles.